The molecule has 0 unspecified atom stereocenters. The summed E-state index contributed by atoms with van der Waals surface area (Å²) >= 11 is 1.52. The zero-order valence-electron chi connectivity index (χ0n) is 15.3. The number of sulfone groups is 1. The molecule has 1 saturated heterocycles. The van der Waals surface area contributed by atoms with E-state index >= 15 is 0 Å². The van der Waals surface area contributed by atoms with Crippen molar-refractivity contribution < 1.29 is 13.2 Å². The van der Waals surface area contributed by atoms with Crippen molar-refractivity contribution in [2.45, 2.75) is 31.1 Å². The molecular formula is C18H24ClN3O3S2. The van der Waals surface area contributed by atoms with Gasteiger partial charge in [0.15, 0.2) is 14.6 Å². The van der Waals surface area contributed by atoms with Crippen molar-refractivity contribution in [3.63, 3.8) is 0 Å². The van der Waals surface area contributed by atoms with Gasteiger partial charge >= 0.3 is 0 Å². The highest BCUT2D eigenvalue weighted by Crippen LogP contribution is 2.30. The summed E-state index contributed by atoms with van der Waals surface area (Å²) in [7, 11) is -3.50. The number of amides is 1. The van der Waals surface area contributed by atoms with Gasteiger partial charge in [-0.3, -0.25) is 4.79 Å². The largest absolute Gasteiger partial charge is 0.350 e. The van der Waals surface area contributed by atoms with Gasteiger partial charge in [-0.25, -0.2) is 13.4 Å². The van der Waals surface area contributed by atoms with E-state index in [1.807, 2.05) is 37.3 Å². The smallest absolute Gasteiger partial charge is 0.241 e. The summed E-state index contributed by atoms with van der Waals surface area (Å²) in [4.78, 5) is 18.3. The molecule has 1 aliphatic heterocycles. The van der Waals surface area contributed by atoms with Gasteiger partial charge < -0.3 is 10.6 Å². The first kappa shape index (κ1) is 21.8. The number of halogens is 1. The molecule has 1 amide bonds. The zero-order valence-corrected chi connectivity index (χ0v) is 17.8. The number of hydrogen-bond acceptors (Lipinski definition) is 6. The molecule has 0 aliphatic carbocycles. The summed E-state index contributed by atoms with van der Waals surface area (Å²) in [5, 5.41) is 6.86. The van der Waals surface area contributed by atoms with Gasteiger partial charge in [-0.05, 0) is 32.9 Å². The Morgan fingerprint density at radius 1 is 1.26 bits per heavy atom. The molecule has 2 N–H and O–H groups in total. The van der Waals surface area contributed by atoms with Crippen molar-refractivity contribution in [3.8, 4) is 10.6 Å². The van der Waals surface area contributed by atoms with Crippen LogP contribution in [-0.4, -0.2) is 43.4 Å². The van der Waals surface area contributed by atoms with E-state index in [4.69, 9.17) is 0 Å². The lowest BCUT2D eigenvalue weighted by Gasteiger charge is -2.34. The van der Waals surface area contributed by atoms with Crippen LogP contribution in [0.15, 0.2) is 30.3 Å². The lowest BCUT2D eigenvalue weighted by Crippen LogP contribution is -2.57. The Labute approximate surface area is 170 Å². The number of aryl methyl sites for hydroxylation is 1. The lowest BCUT2D eigenvalue weighted by atomic mass is 9.96. The monoisotopic (exact) mass is 429 g/mol. The zero-order chi connectivity index (χ0) is 18.8. The molecule has 0 bridgehead atoms. The molecule has 0 radical (unpaired) electrons. The summed E-state index contributed by atoms with van der Waals surface area (Å²) in [5.41, 5.74) is 1.89. The predicted molar refractivity (Wildman–Crippen MR) is 111 cm³/mol. The van der Waals surface area contributed by atoms with Crippen LogP contribution in [0.4, 0.5) is 0 Å². The molecule has 1 aliphatic rings. The van der Waals surface area contributed by atoms with Gasteiger partial charge in [-0.15, -0.1) is 23.7 Å². The average Bonchev–Trinajstić information content (AvgIpc) is 3.01. The van der Waals surface area contributed by atoms with Crippen LogP contribution in [0.2, 0.25) is 0 Å². The molecule has 2 heterocycles. The number of hydrogen-bond donors (Lipinski definition) is 2. The third-order valence-corrected chi connectivity index (χ3v) is 8.08. The first-order valence-electron chi connectivity index (χ1n) is 8.54. The number of piperidine rings is 1. The molecule has 1 aromatic heterocycles. The van der Waals surface area contributed by atoms with Crippen molar-refractivity contribution in [2.75, 3.05) is 19.3 Å². The molecule has 9 heteroatoms. The summed E-state index contributed by atoms with van der Waals surface area (Å²) in [6.07, 6.45) is 1.76. The van der Waals surface area contributed by atoms with Crippen LogP contribution >= 0.6 is 23.7 Å². The van der Waals surface area contributed by atoms with Gasteiger partial charge in [0.25, 0.3) is 0 Å². The van der Waals surface area contributed by atoms with Crippen LogP contribution in [-0.2, 0) is 21.2 Å². The van der Waals surface area contributed by atoms with Gasteiger partial charge in [0.1, 0.15) is 5.01 Å². The van der Waals surface area contributed by atoms with E-state index < -0.39 is 20.5 Å². The highest BCUT2D eigenvalue weighted by Gasteiger charge is 2.48. The van der Waals surface area contributed by atoms with Crippen LogP contribution in [0.1, 0.15) is 23.4 Å². The van der Waals surface area contributed by atoms with E-state index in [2.05, 4.69) is 15.6 Å². The molecule has 1 aromatic carbocycles. The third kappa shape index (κ3) is 4.51. The van der Waals surface area contributed by atoms with Crippen LogP contribution in [0, 0.1) is 6.92 Å². The van der Waals surface area contributed by atoms with Crippen LogP contribution in [0.25, 0.3) is 10.6 Å². The van der Waals surface area contributed by atoms with E-state index in [-0.39, 0.29) is 12.4 Å². The first-order chi connectivity index (χ1) is 12.3. The topological polar surface area (TPSA) is 88.2 Å². The molecule has 0 saturated carbocycles. The molecule has 27 heavy (non-hydrogen) atoms. The van der Waals surface area contributed by atoms with E-state index in [1.54, 1.807) is 0 Å². The third-order valence-electron chi connectivity index (χ3n) is 4.86. The van der Waals surface area contributed by atoms with Crippen molar-refractivity contribution >= 4 is 39.5 Å². The van der Waals surface area contributed by atoms with Gasteiger partial charge in [0.2, 0.25) is 5.91 Å². The fourth-order valence-corrected chi connectivity index (χ4v) is 5.58. The van der Waals surface area contributed by atoms with Crippen molar-refractivity contribution in [3.05, 3.63) is 40.9 Å². The lowest BCUT2D eigenvalue weighted by molar-refractivity contribution is -0.124. The molecule has 3 rings (SSSR count). The summed E-state index contributed by atoms with van der Waals surface area (Å²) < 4.78 is 23.3. The number of carbonyl (C=O) groups excluding carboxylic acids is 1. The average molecular weight is 430 g/mol. The molecule has 0 atom stereocenters. The normalized spacial score (nSPS) is 16.4. The summed E-state index contributed by atoms with van der Waals surface area (Å²) in [5.74, 6) is -0.407. The number of nitrogens with zero attached hydrogens (tertiary/aromatic N) is 1. The van der Waals surface area contributed by atoms with Crippen LogP contribution in [0.5, 0.6) is 0 Å². The van der Waals surface area contributed by atoms with Crippen molar-refractivity contribution in [1.29, 1.82) is 0 Å². The van der Waals surface area contributed by atoms with Crippen molar-refractivity contribution in [1.82, 2.24) is 15.6 Å². The Morgan fingerprint density at radius 2 is 1.89 bits per heavy atom. The molecule has 1 fully saturated rings. The maximum absolute atomic E-state index is 12.8. The molecule has 0 spiro atoms. The quantitative estimate of drug-likeness (QED) is 0.761. The fourth-order valence-electron chi connectivity index (χ4n) is 3.21. The molecule has 2 aromatic rings. The van der Waals surface area contributed by atoms with Crippen LogP contribution < -0.4 is 10.6 Å². The van der Waals surface area contributed by atoms with E-state index in [0.717, 1.165) is 27.4 Å². The molecular weight excluding hydrogens is 406 g/mol. The molecule has 6 nitrogen and oxygen atoms in total. The van der Waals surface area contributed by atoms with E-state index in [0.29, 0.717) is 32.5 Å². The van der Waals surface area contributed by atoms with E-state index in [1.165, 1.54) is 11.3 Å². The Hall–Kier alpha value is -1.48. The fraction of sp³-hybridized carbons (Fsp3) is 0.444. The van der Waals surface area contributed by atoms with Crippen molar-refractivity contribution in [2.24, 2.45) is 0 Å². The minimum Gasteiger partial charge on any atom is -0.350 e. The van der Waals surface area contributed by atoms with E-state index in [9.17, 15) is 13.2 Å². The number of thiazole rings is 1. The standard InChI is InChI=1S/C18H23N3O3S2.ClH/c1-13-15(25-16(21-13)14-6-4-3-5-7-14)12-20-17(22)18(26(2,23)24)8-10-19-11-9-18;/h3-7,19H,8-12H2,1-2H3,(H,20,22);1H. The minimum absolute atomic E-state index is 0. The SMILES string of the molecule is Cc1nc(-c2ccccc2)sc1CNC(=O)C1(S(C)(=O)=O)CCNCC1.Cl. The maximum atomic E-state index is 12.8. The predicted octanol–water partition coefficient (Wildman–Crippen LogP) is 2.32. The Kier molecular flexibility index (Phi) is 7.02. The van der Waals surface area contributed by atoms with Gasteiger partial charge in [0, 0.05) is 16.7 Å². The second kappa shape index (κ2) is 8.68. The number of rotatable bonds is 5. The first-order valence-corrected chi connectivity index (χ1v) is 11.2. The minimum atomic E-state index is -3.50. The van der Waals surface area contributed by atoms with Crippen LogP contribution in [0.3, 0.4) is 0 Å². The maximum Gasteiger partial charge on any atom is 0.241 e. The van der Waals surface area contributed by atoms with Gasteiger partial charge in [-0.2, -0.15) is 0 Å². The highest BCUT2D eigenvalue weighted by atomic mass is 35.5. The second-order valence-electron chi connectivity index (χ2n) is 6.59. The van der Waals surface area contributed by atoms with Gasteiger partial charge in [-0.1, -0.05) is 30.3 Å². The van der Waals surface area contributed by atoms with Gasteiger partial charge in [0.05, 0.1) is 12.2 Å². The second-order valence-corrected chi connectivity index (χ2v) is 10.0. The Morgan fingerprint density at radius 3 is 2.48 bits per heavy atom. The summed E-state index contributed by atoms with van der Waals surface area (Å²) in [6, 6.07) is 9.86. The molecule has 148 valence electrons. The highest BCUT2D eigenvalue weighted by molar-refractivity contribution is 7.92. The number of aromatic nitrogens is 1. The Bertz CT molecular complexity index is 892. The Balaban J connectivity index is 0.00000261. The summed E-state index contributed by atoms with van der Waals surface area (Å²) in [6.45, 7) is 3.25. The number of nitrogens with one attached hydrogen (secondary N) is 2. The number of benzene rings is 1. The number of carbonyl (C=O) groups is 1.